The molecule has 37 heavy (non-hydrogen) atoms. The van der Waals surface area contributed by atoms with E-state index in [0.717, 1.165) is 33.5 Å². The third-order valence-electron chi connectivity index (χ3n) is 6.76. The van der Waals surface area contributed by atoms with E-state index in [0.29, 0.717) is 24.2 Å². The Kier molecular flexibility index (Phi) is 6.54. The van der Waals surface area contributed by atoms with Crippen LogP contribution >= 0.6 is 0 Å². The highest BCUT2D eigenvalue weighted by Gasteiger charge is 2.32. The molecule has 0 aliphatic carbocycles. The van der Waals surface area contributed by atoms with E-state index in [2.05, 4.69) is 15.4 Å². The van der Waals surface area contributed by atoms with Gasteiger partial charge >= 0.3 is 0 Å². The first kappa shape index (κ1) is 24.3. The van der Waals surface area contributed by atoms with Crippen LogP contribution in [-0.4, -0.2) is 51.1 Å². The maximum atomic E-state index is 13.7. The summed E-state index contributed by atoms with van der Waals surface area (Å²) in [6.45, 7) is 0.697. The van der Waals surface area contributed by atoms with Crippen molar-refractivity contribution >= 4 is 11.8 Å². The van der Waals surface area contributed by atoms with Gasteiger partial charge < -0.3 is 16.0 Å². The molecule has 2 aromatic carbocycles. The predicted octanol–water partition coefficient (Wildman–Crippen LogP) is 3.17. The van der Waals surface area contributed by atoms with Crippen molar-refractivity contribution in [2.45, 2.75) is 19.0 Å². The predicted molar refractivity (Wildman–Crippen MR) is 138 cm³/mol. The number of hydrogen-bond acceptors (Lipinski definition) is 5. The van der Waals surface area contributed by atoms with Gasteiger partial charge in [-0.05, 0) is 47.9 Å². The van der Waals surface area contributed by atoms with Gasteiger partial charge in [0.2, 0.25) is 0 Å². The lowest BCUT2D eigenvalue weighted by molar-refractivity contribution is 0.0708. The molecule has 1 aliphatic heterocycles. The normalized spacial score (nSPS) is 13.5. The SMILES string of the molecule is CNC(=O)c1ccc(-c2cnn(C)c2-c2ccc3c(c2)CN([C@H](CN)Cc2cccc(F)c2)C3=O)cn1. The van der Waals surface area contributed by atoms with Crippen molar-refractivity contribution in [3.63, 3.8) is 0 Å². The van der Waals surface area contributed by atoms with Crippen LogP contribution in [0.2, 0.25) is 0 Å². The third kappa shape index (κ3) is 4.61. The number of nitrogens with one attached hydrogen (secondary N) is 1. The molecule has 1 aliphatic rings. The number of nitrogens with two attached hydrogens (primary N) is 1. The second kappa shape index (κ2) is 9.94. The minimum absolute atomic E-state index is 0.0763. The smallest absolute Gasteiger partial charge is 0.269 e. The Morgan fingerprint density at radius 1 is 1.11 bits per heavy atom. The average Bonchev–Trinajstić information content (AvgIpc) is 3.46. The molecule has 5 rings (SSSR count). The Balaban J connectivity index is 1.43. The molecule has 188 valence electrons. The summed E-state index contributed by atoms with van der Waals surface area (Å²) >= 11 is 0. The minimum atomic E-state index is -0.306. The van der Waals surface area contributed by atoms with E-state index >= 15 is 0 Å². The van der Waals surface area contributed by atoms with Crippen LogP contribution in [0.5, 0.6) is 0 Å². The Hall–Kier alpha value is -4.37. The monoisotopic (exact) mass is 498 g/mol. The molecule has 0 bridgehead atoms. The van der Waals surface area contributed by atoms with E-state index in [4.69, 9.17) is 5.73 Å². The van der Waals surface area contributed by atoms with Gasteiger partial charge in [0.1, 0.15) is 11.5 Å². The zero-order valence-corrected chi connectivity index (χ0v) is 20.6. The number of aromatic nitrogens is 3. The van der Waals surface area contributed by atoms with E-state index in [9.17, 15) is 14.0 Å². The highest BCUT2D eigenvalue weighted by molar-refractivity contribution is 5.99. The van der Waals surface area contributed by atoms with Crippen LogP contribution in [0, 0.1) is 5.82 Å². The van der Waals surface area contributed by atoms with E-state index in [1.807, 2.05) is 37.4 Å². The number of fused-ring (bicyclic) bond motifs is 1. The molecule has 0 saturated heterocycles. The summed E-state index contributed by atoms with van der Waals surface area (Å²) in [7, 11) is 3.42. The molecule has 2 aromatic heterocycles. The summed E-state index contributed by atoms with van der Waals surface area (Å²) in [5.41, 5.74) is 12.2. The van der Waals surface area contributed by atoms with Gasteiger partial charge in [0.15, 0.2) is 0 Å². The van der Waals surface area contributed by atoms with Gasteiger partial charge in [0.25, 0.3) is 11.8 Å². The number of carbonyl (C=O) groups is 2. The first-order valence-electron chi connectivity index (χ1n) is 12.0. The fourth-order valence-electron chi connectivity index (χ4n) is 4.85. The average molecular weight is 499 g/mol. The number of rotatable bonds is 7. The number of aryl methyl sites for hydroxylation is 1. The summed E-state index contributed by atoms with van der Waals surface area (Å²) in [5.74, 6) is -0.633. The van der Waals surface area contributed by atoms with Gasteiger partial charge in [-0.3, -0.25) is 19.3 Å². The Morgan fingerprint density at radius 3 is 2.62 bits per heavy atom. The van der Waals surface area contributed by atoms with Crippen LogP contribution in [0.3, 0.4) is 0 Å². The summed E-state index contributed by atoms with van der Waals surface area (Å²) in [5, 5.41) is 7.01. The maximum absolute atomic E-state index is 13.7. The minimum Gasteiger partial charge on any atom is -0.354 e. The zero-order valence-electron chi connectivity index (χ0n) is 20.6. The molecule has 3 heterocycles. The number of carbonyl (C=O) groups excluding carboxylic acids is 2. The van der Waals surface area contributed by atoms with Crippen LogP contribution in [0.1, 0.15) is 32.0 Å². The van der Waals surface area contributed by atoms with Crippen molar-refractivity contribution in [3.05, 3.63) is 95.2 Å². The molecule has 0 spiro atoms. The number of hydrogen-bond donors (Lipinski definition) is 2. The zero-order chi connectivity index (χ0) is 26.1. The van der Waals surface area contributed by atoms with Crippen molar-refractivity contribution in [2.75, 3.05) is 13.6 Å². The molecule has 4 aromatic rings. The van der Waals surface area contributed by atoms with Crippen molar-refractivity contribution in [2.24, 2.45) is 12.8 Å². The molecule has 3 N–H and O–H groups in total. The van der Waals surface area contributed by atoms with E-state index in [-0.39, 0.29) is 30.2 Å². The summed E-state index contributed by atoms with van der Waals surface area (Å²) in [4.78, 5) is 31.2. The highest BCUT2D eigenvalue weighted by Crippen LogP contribution is 2.35. The second-order valence-corrected chi connectivity index (χ2v) is 9.07. The molecular weight excluding hydrogens is 471 g/mol. The molecule has 0 radical (unpaired) electrons. The van der Waals surface area contributed by atoms with E-state index < -0.39 is 0 Å². The molecule has 8 nitrogen and oxygen atoms in total. The molecule has 0 saturated carbocycles. The number of benzene rings is 2. The van der Waals surface area contributed by atoms with Gasteiger partial charge in [0.05, 0.1) is 11.9 Å². The second-order valence-electron chi connectivity index (χ2n) is 9.07. The lowest BCUT2D eigenvalue weighted by Crippen LogP contribution is -2.42. The van der Waals surface area contributed by atoms with Gasteiger partial charge in [-0.1, -0.05) is 24.3 Å². The van der Waals surface area contributed by atoms with Gasteiger partial charge in [-0.15, -0.1) is 0 Å². The Bertz CT molecular complexity index is 1480. The molecular formula is C28H27FN6O2. The molecule has 0 unspecified atom stereocenters. The number of pyridine rings is 1. The molecule has 1 atom stereocenters. The van der Waals surface area contributed by atoms with Crippen molar-refractivity contribution in [1.29, 1.82) is 0 Å². The fraction of sp³-hybridized carbons (Fsp3) is 0.214. The van der Waals surface area contributed by atoms with Crippen molar-refractivity contribution in [3.8, 4) is 22.4 Å². The summed E-state index contributed by atoms with van der Waals surface area (Å²) in [6, 6.07) is 15.4. The lowest BCUT2D eigenvalue weighted by atomic mass is 9.99. The number of nitrogens with zero attached hydrogens (tertiary/aromatic N) is 4. The van der Waals surface area contributed by atoms with Gasteiger partial charge in [0, 0.05) is 61.7 Å². The highest BCUT2D eigenvalue weighted by atomic mass is 19.1. The van der Waals surface area contributed by atoms with E-state index in [1.165, 1.54) is 12.1 Å². The summed E-state index contributed by atoms with van der Waals surface area (Å²) in [6.07, 6.45) is 3.90. The summed E-state index contributed by atoms with van der Waals surface area (Å²) < 4.78 is 15.5. The topological polar surface area (TPSA) is 106 Å². The van der Waals surface area contributed by atoms with Crippen LogP contribution in [-0.2, 0) is 20.0 Å². The number of halogens is 1. The molecule has 9 heteroatoms. The van der Waals surface area contributed by atoms with E-state index in [1.54, 1.807) is 41.2 Å². The van der Waals surface area contributed by atoms with Crippen LogP contribution < -0.4 is 11.1 Å². The Morgan fingerprint density at radius 2 is 1.92 bits per heavy atom. The number of amides is 2. The van der Waals surface area contributed by atoms with Crippen molar-refractivity contribution in [1.82, 2.24) is 25.0 Å². The van der Waals surface area contributed by atoms with Crippen LogP contribution in [0.4, 0.5) is 4.39 Å². The largest absolute Gasteiger partial charge is 0.354 e. The van der Waals surface area contributed by atoms with Crippen LogP contribution in [0.15, 0.2) is 67.0 Å². The Labute approximate surface area is 213 Å². The third-order valence-corrected chi connectivity index (χ3v) is 6.76. The molecule has 2 amide bonds. The quantitative estimate of drug-likeness (QED) is 0.407. The standard InChI is InChI=1S/C28H27FN6O2/c1-31-27(36)25-9-7-19(14-32-25)24-15-33-34(2)26(24)18-6-8-23-20(12-18)16-35(28(23)37)22(13-30)11-17-4-3-5-21(29)10-17/h3-10,12,14-15,22H,11,13,16,30H2,1-2H3,(H,31,36)/t22-/m0/s1. The first-order valence-corrected chi connectivity index (χ1v) is 12.0. The van der Waals surface area contributed by atoms with Crippen molar-refractivity contribution < 1.29 is 14.0 Å². The van der Waals surface area contributed by atoms with Gasteiger partial charge in [-0.2, -0.15) is 5.10 Å². The van der Waals surface area contributed by atoms with Crippen LogP contribution in [0.25, 0.3) is 22.4 Å². The first-order chi connectivity index (χ1) is 17.9. The molecule has 0 fully saturated rings. The maximum Gasteiger partial charge on any atom is 0.269 e. The van der Waals surface area contributed by atoms with Gasteiger partial charge in [-0.25, -0.2) is 4.39 Å². The lowest BCUT2D eigenvalue weighted by Gasteiger charge is -2.26. The fourth-order valence-corrected chi connectivity index (χ4v) is 4.85.